The van der Waals surface area contributed by atoms with Crippen molar-refractivity contribution in [3.05, 3.63) is 71.8 Å². The summed E-state index contributed by atoms with van der Waals surface area (Å²) in [4.78, 5) is 71.7. The summed E-state index contributed by atoms with van der Waals surface area (Å²) in [5.41, 5.74) is 12.9. The summed E-state index contributed by atoms with van der Waals surface area (Å²) in [7, 11) is 0. The van der Waals surface area contributed by atoms with Gasteiger partial charge in [-0.15, -0.1) is 0 Å². The highest BCUT2D eigenvalue weighted by molar-refractivity contribution is 5.96. The Labute approximate surface area is 307 Å². The van der Waals surface area contributed by atoms with E-state index in [2.05, 4.69) is 10.6 Å². The van der Waals surface area contributed by atoms with E-state index < -0.39 is 35.4 Å². The molecular weight excluding hydrogens is 660 g/mol. The van der Waals surface area contributed by atoms with Crippen molar-refractivity contribution >= 4 is 29.5 Å². The number of carboxylic acids is 1. The van der Waals surface area contributed by atoms with Crippen LogP contribution in [0.1, 0.15) is 81.8 Å². The van der Waals surface area contributed by atoms with Crippen molar-refractivity contribution in [1.29, 1.82) is 0 Å². The average molecular weight is 717 g/mol. The molecule has 5 unspecified atom stereocenters. The van der Waals surface area contributed by atoms with Gasteiger partial charge in [0, 0.05) is 31.6 Å². The Balaban J connectivity index is 1.33. The van der Waals surface area contributed by atoms with E-state index in [1.54, 1.807) is 0 Å². The van der Waals surface area contributed by atoms with Gasteiger partial charge in [0.05, 0.1) is 24.0 Å². The smallest absolute Gasteiger partial charge is 0.317 e. The molecule has 12 nitrogen and oxygen atoms in total. The van der Waals surface area contributed by atoms with Crippen molar-refractivity contribution < 1.29 is 29.1 Å². The van der Waals surface area contributed by atoms with Gasteiger partial charge in [0.25, 0.3) is 0 Å². The van der Waals surface area contributed by atoms with Crippen LogP contribution in [0, 0.1) is 5.41 Å². The molecule has 2 aromatic rings. The zero-order valence-electron chi connectivity index (χ0n) is 30.2. The summed E-state index contributed by atoms with van der Waals surface area (Å²) < 4.78 is 0. The number of carboxylic acid groups (broad SMARTS) is 1. The first-order chi connectivity index (χ1) is 25.1. The highest BCUT2D eigenvalue weighted by Gasteiger charge is 2.47. The molecule has 3 aliphatic rings. The number of amides is 3. The number of benzene rings is 2. The van der Waals surface area contributed by atoms with E-state index in [1.807, 2.05) is 70.5 Å². The molecule has 0 radical (unpaired) electrons. The van der Waals surface area contributed by atoms with Crippen LogP contribution in [0.25, 0.3) is 0 Å². The fourth-order valence-corrected chi connectivity index (χ4v) is 8.42. The molecule has 3 amide bonds. The lowest BCUT2D eigenvalue weighted by Gasteiger charge is -2.43. The number of likely N-dealkylation sites (tertiary alicyclic amines) is 1. The average Bonchev–Trinajstić information content (AvgIpc) is 3.41. The van der Waals surface area contributed by atoms with E-state index >= 15 is 0 Å². The second-order valence-corrected chi connectivity index (χ2v) is 15.1. The summed E-state index contributed by atoms with van der Waals surface area (Å²) in [5.74, 6) is -2.00. The maximum atomic E-state index is 14.5. The maximum Gasteiger partial charge on any atom is 0.317 e. The third-order valence-corrected chi connectivity index (χ3v) is 11.1. The van der Waals surface area contributed by atoms with Crippen molar-refractivity contribution in [3.63, 3.8) is 0 Å². The molecule has 7 N–H and O–H groups in total. The highest BCUT2D eigenvalue weighted by atomic mass is 16.4. The highest BCUT2D eigenvalue weighted by Crippen LogP contribution is 2.41. The molecule has 2 bridgehead atoms. The largest absolute Gasteiger partial charge is 0.480 e. The molecule has 3 fully saturated rings. The number of rotatable bonds is 18. The van der Waals surface area contributed by atoms with Crippen molar-refractivity contribution in [2.45, 2.75) is 114 Å². The van der Waals surface area contributed by atoms with Gasteiger partial charge in [-0.1, -0.05) is 79.9 Å². The zero-order chi connectivity index (χ0) is 37.1. The minimum absolute atomic E-state index is 0.0621. The first kappa shape index (κ1) is 39.1. The summed E-state index contributed by atoms with van der Waals surface area (Å²) in [5, 5.41) is 15.4. The summed E-state index contributed by atoms with van der Waals surface area (Å²) in [6, 6.07) is 16.2. The van der Waals surface area contributed by atoms with Crippen LogP contribution in [0.3, 0.4) is 0 Å². The summed E-state index contributed by atoms with van der Waals surface area (Å²) >= 11 is 0. The van der Waals surface area contributed by atoms with Crippen LogP contribution in [-0.2, 0) is 36.8 Å². The molecular formula is C40H56N6O6. The summed E-state index contributed by atoms with van der Waals surface area (Å²) in [6.45, 7) is 1.38. The molecule has 2 heterocycles. The van der Waals surface area contributed by atoms with E-state index in [-0.39, 0.29) is 49.1 Å². The van der Waals surface area contributed by atoms with Gasteiger partial charge in [-0.05, 0) is 75.5 Å². The Morgan fingerprint density at radius 3 is 1.98 bits per heavy atom. The van der Waals surface area contributed by atoms with Gasteiger partial charge >= 0.3 is 5.97 Å². The van der Waals surface area contributed by atoms with Crippen molar-refractivity contribution in [2.24, 2.45) is 16.9 Å². The lowest BCUT2D eigenvalue weighted by molar-refractivity contribution is -0.147. The quantitative estimate of drug-likeness (QED) is 0.145. The Bertz CT molecular complexity index is 1500. The van der Waals surface area contributed by atoms with Crippen molar-refractivity contribution in [3.8, 4) is 0 Å². The minimum atomic E-state index is -1.02. The van der Waals surface area contributed by atoms with E-state index in [0.29, 0.717) is 58.2 Å². The standard InChI is InChI=1S/C40H56N6O6/c41-21-11-8-16-33(38(51)46-30-17-18-31(46)26-45(25-30)27-36(48)49)44-39(52)40(19-9-3-10-20-40)24-35(47)34(23-29-14-6-2-7-15-29)43-37(50)32(42)22-28-12-4-1-5-13-28/h1-2,4-7,12-15,30-34H,3,8-11,16-27,41-42H2,(H,43,50)(H,44,52)(H,48,49). The molecule has 2 aromatic carbocycles. The van der Waals surface area contributed by atoms with Crippen LogP contribution in [0.4, 0.5) is 0 Å². The van der Waals surface area contributed by atoms with E-state index in [9.17, 15) is 29.1 Å². The van der Waals surface area contributed by atoms with Gasteiger partial charge in [-0.3, -0.25) is 28.9 Å². The molecule has 282 valence electrons. The van der Waals surface area contributed by atoms with E-state index in [1.165, 1.54) is 0 Å². The number of carbonyl (C=O) groups excluding carboxylic acids is 4. The SMILES string of the molecule is NCCCCC(NC(=O)C1(CC(=O)C(Cc2ccccc2)NC(=O)C(N)Cc2ccccc2)CCCCC1)C(=O)N1C2CCC1CN(CC(=O)O)C2. The second-order valence-electron chi connectivity index (χ2n) is 15.1. The number of Topliss-reactive ketones (excluding diaryl/α,β-unsaturated/α-hetero) is 1. The number of piperazine rings is 1. The molecule has 1 aliphatic carbocycles. The third-order valence-electron chi connectivity index (χ3n) is 11.1. The predicted molar refractivity (Wildman–Crippen MR) is 198 cm³/mol. The predicted octanol–water partition coefficient (Wildman–Crippen LogP) is 2.57. The fraction of sp³-hybridized carbons (Fsp3) is 0.575. The lowest BCUT2D eigenvalue weighted by atomic mass is 9.69. The van der Waals surface area contributed by atoms with Crippen LogP contribution in [0.15, 0.2) is 60.7 Å². The number of nitrogens with two attached hydrogens (primary N) is 2. The number of unbranched alkanes of at least 4 members (excludes halogenated alkanes) is 1. The summed E-state index contributed by atoms with van der Waals surface area (Å²) in [6.07, 6.45) is 7.40. The molecule has 0 aromatic heterocycles. The first-order valence-electron chi connectivity index (χ1n) is 19.0. The molecule has 12 heteroatoms. The Kier molecular flexibility index (Phi) is 14.0. The lowest BCUT2D eigenvalue weighted by Crippen LogP contribution is -2.61. The fourth-order valence-electron chi connectivity index (χ4n) is 8.42. The van der Waals surface area contributed by atoms with Gasteiger partial charge in [0.1, 0.15) is 6.04 Å². The number of hydrogen-bond acceptors (Lipinski definition) is 8. The van der Waals surface area contributed by atoms with Crippen molar-refractivity contribution in [2.75, 3.05) is 26.2 Å². The zero-order valence-corrected chi connectivity index (χ0v) is 30.2. The molecule has 0 spiro atoms. The van der Waals surface area contributed by atoms with Crippen LogP contribution >= 0.6 is 0 Å². The van der Waals surface area contributed by atoms with E-state index in [0.717, 1.165) is 43.2 Å². The second kappa shape index (κ2) is 18.6. The minimum Gasteiger partial charge on any atom is -0.480 e. The van der Waals surface area contributed by atoms with Crippen LogP contribution in [0.2, 0.25) is 0 Å². The molecule has 5 atom stereocenters. The maximum absolute atomic E-state index is 14.5. The molecule has 2 aliphatic heterocycles. The van der Waals surface area contributed by atoms with Gasteiger partial charge < -0.3 is 32.1 Å². The van der Waals surface area contributed by atoms with Crippen LogP contribution in [-0.4, -0.2) is 101 Å². The van der Waals surface area contributed by atoms with Gasteiger partial charge in [0.2, 0.25) is 17.7 Å². The van der Waals surface area contributed by atoms with E-state index in [4.69, 9.17) is 11.5 Å². The topological polar surface area (TPSA) is 188 Å². The number of fused-ring (bicyclic) bond motifs is 2. The van der Waals surface area contributed by atoms with Crippen LogP contribution < -0.4 is 22.1 Å². The van der Waals surface area contributed by atoms with Crippen LogP contribution in [0.5, 0.6) is 0 Å². The number of aliphatic carboxylic acids is 1. The number of nitrogens with one attached hydrogen (secondary N) is 2. The first-order valence-corrected chi connectivity index (χ1v) is 19.0. The molecule has 52 heavy (non-hydrogen) atoms. The number of nitrogens with zero attached hydrogens (tertiary/aromatic N) is 2. The Morgan fingerprint density at radius 1 is 0.808 bits per heavy atom. The normalized spacial score (nSPS) is 21.5. The Hall–Kier alpha value is -4.13. The van der Waals surface area contributed by atoms with Gasteiger partial charge in [-0.25, -0.2) is 0 Å². The number of hydrogen-bond donors (Lipinski definition) is 5. The van der Waals surface area contributed by atoms with Gasteiger partial charge in [0.15, 0.2) is 5.78 Å². The number of carbonyl (C=O) groups is 5. The third kappa shape index (κ3) is 10.3. The van der Waals surface area contributed by atoms with Crippen molar-refractivity contribution in [1.82, 2.24) is 20.4 Å². The molecule has 1 saturated carbocycles. The van der Waals surface area contributed by atoms with Gasteiger partial charge in [-0.2, -0.15) is 0 Å². The monoisotopic (exact) mass is 716 g/mol. The Morgan fingerprint density at radius 2 is 1.40 bits per heavy atom. The molecule has 2 saturated heterocycles. The molecule has 5 rings (SSSR count). The number of ketones is 1.